The number of carbonyl (C=O) groups excluding carboxylic acids is 2. The standard InChI is InChI=1S/C28H31ClN4O6S/c1-18-15-33(19(2)17-34)28(36)23-5-4-6-24(31-27(35)20-11-13-30-14-12-20)26(23)39-25(18)16-32(3)40(37,38)22-9-7-21(29)8-10-22/h4-14,18-19,25,34H,15-17H2,1-3H3,(H,31,35)/t18-,19+,25-/m1/s1. The minimum absolute atomic E-state index is 0.0479. The highest BCUT2D eigenvalue weighted by molar-refractivity contribution is 7.89. The van der Waals surface area contributed by atoms with Crippen LogP contribution in [0.1, 0.15) is 34.6 Å². The Morgan fingerprint density at radius 2 is 1.88 bits per heavy atom. The maximum absolute atomic E-state index is 13.6. The lowest BCUT2D eigenvalue weighted by atomic mass is 9.99. The summed E-state index contributed by atoms with van der Waals surface area (Å²) in [5.74, 6) is -1.03. The van der Waals surface area contributed by atoms with Crippen LogP contribution in [0.2, 0.25) is 5.02 Å². The molecule has 0 bridgehead atoms. The van der Waals surface area contributed by atoms with Crippen molar-refractivity contribution in [2.75, 3.05) is 32.1 Å². The number of nitrogens with zero attached hydrogens (tertiary/aromatic N) is 3. The third-order valence-corrected chi connectivity index (χ3v) is 8.93. The molecular weight excluding hydrogens is 556 g/mol. The van der Waals surface area contributed by atoms with Crippen LogP contribution >= 0.6 is 11.6 Å². The van der Waals surface area contributed by atoms with Crippen LogP contribution < -0.4 is 10.1 Å². The molecule has 0 saturated carbocycles. The molecule has 0 spiro atoms. The van der Waals surface area contributed by atoms with E-state index in [1.165, 1.54) is 48.0 Å². The Morgan fingerprint density at radius 3 is 2.52 bits per heavy atom. The number of aliphatic hydroxyl groups is 1. The highest BCUT2D eigenvalue weighted by atomic mass is 35.5. The molecule has 0 unspecified atom stereocenters. The molecule has 12 heteroatoms. The summed E-state index contributed by atoms with van der Waals surface area (Å²) in [6, 6.07) is 13.3. The van der Waals surface area contributed by atoms with E-state index < -0.39 is 28.1 Å². The third kappa shape index (κ3) is 6.28. The van der Waals surface area contributed by atoms with Crippen molar-refractivity contribution < 1.29 is 27.9 Å². The molecule has 2 N–H and O–H groups in total. The highest BCUT2D eigenvalue weighted by Crippen LogP contribution is 2.35. The summed E-state index contributed by atoms with van der Waals surface area (Å²) < 4.78 is 34.3. The zero-order valence-corrected chi connectivity index (χ0v) is 23.9. The van der Waals surface area contributed by atoms with Gasteiger partial charge in [-0.3, -0.25) is 14.6 Å². The molecule has 1 aliphatic heterocycles. The average molecular weight is 587 g/mol. The first-order chi connectivity index (χ1) is 19.0. The number of ether oxygens (including phenoxy) is 1. The molecule has 4 rings (SSSR count). The van der Waals surface area contributed by atoms with E-state index in [1.54, 1.807) is 42.2 Å². The van der Waals surface area contributed by atoms with E-state index in [1.807, 2.05) is 6.92 Å². The van der Waals surface area contributed by atoms with E-state index in [0.717, 1.165) is 0 Å². The summed E-state index contributed by atoms with van der Waals surface area (Å²) in [6.07, 6.45) is 2.27. The van der Waals surface area contributed by atoms with Gasteiger partial charge in [0, 0.05) is 42.5 Å². The summed E-state index contributed by atoms with van der Waals surface area (Å²) in [5, 5.41) is 13.1. The number of hydrogen-bond donors (Lipinski definition) is 2. The maximum atomic E-state index is 13.6. The van der Waals surface area contributed by atoms with E-state index in [4.69, 9.17) is 16.3 Å². The van der Waals surface area contributed by atoms with Crippen LogP contribution in [0, 0.1) is 5.92 Å². The zero-order chi connectivity index (χ0) is 29.0. The van der Waals surface area contributed by atoms with E-state index in [2.05, 4.69) is 10.3 Å². The molecule has 0 aliphatic carbocycles. The van der Waals surface area contributed by atoms with Gasteiger partial charge in [0.15, 0.2) is 5.75 Å². The Morgan fingerprint density at radius 1 is 1.20 bits per heavy atom. The molecule has 0 saturated heterocycles. The van der Waals surface area contributed by atoms with Gasteiger partial charge in [-0.2, -0.15) is 4.31 Å². The van der Waals surface area contributed by atoms with Gasteiger partial charge >= 0.3 is 0 Å². The summed E-state index contributed by atoms with van der Waals surface area (Å²) in [5.41, 5.74) is 0.804. The summed E-state index contributed by atoms with van der Waals surface area (Å²) >= 11 is 5.94. The SMILES string of the molecule is C[C@@H]1CN([C@@H](C)CO)C(=O)c2cccc(NC(=O)c3ccncc3)c2O[C@@H]1CN(C)S(=O)(=O)c1ccc(Cl)cc1. The molecule has 40 heavy (non-hydrogen) atoms. The van der Waals surface area contributed by atoms with Gasteiger partial charge in [-0.1, -0.05) is 24.6 Å². The summed E-state index contributed by atoms with van der Waals surface area (Å²) in [6.45, 7) is 3.48. The number of anilines is 1. The van der Waals surface area contributed by atoms with Gasteiger partial charge in [-0.15, -0.1) is 0 Å². The van der Waals surface area contributed by atoms with Crippen molar-refractivity contribution in [2.45, 2.75) is 30.9 Å². The van der Waals surface area contributed by atoms with Crippen molar-refractivity contribution in [2.24, 2.45) is 5.92 Å². The fourth-order valence-electron chi connectivity index (χ4n) is 4.40. The Balaban J connectivity index is 1.72. The Kier molecular flexibility index (Phi) is 9.09. The molecule has 3 atom stereocenters. The lowest BCUT2D eigenvalue weighted by Crippen LogP contribution is -2.50. The van der Waals surface area contributed by atoms with Gasteiger partial charge in [-0.05, 0) is 55.5 Å². The maximum Gasteiger partial charge on any atom is 0.258 e. The van der Waals surface area contributed by atoms with Crippen molar-refractivity contribution in [3.05, 3.63) is 83.1 Å². The number of para-hydroxylation sites is 1. The number of sulfonamides is 1. The van der Waals surface area contributed by atoms with Crippen LogP contribution in [0.4, 0.5) is 5.69 Å². The fourth-order valence-corrected chi connectivity index (χ4v) is 5.70. The largest absolute Gasteiger partial charge is 0.486 e. The second-order valence-corrected chi connectivity index (χ2v) is 12.2. The van der Waals surface area contributed by atoms with Crippen LogP contribution in [0.3, 0.4) is 0 Å². The van der Waals surface area contributed by atoms with E-state index in [0.29, 0.717) is 10.6 Å². The molecule has 1 aliphatic rings. The zero-order valence-electron chi connectivity index (χ0n) is 22.3. The van der Waals surface area contributed by atoms with Crippen LogP contribution in [0.15, 0.2) is 71.9 Å². The molecule has 1 aromatic heterocycles. The first-order valence-corrected chi connectivity index (χ1v) is 14.5. The average Bonchev–Trinajstić information content (AvgIpc) is 2.95. The van der Waals surface area contributed by atoms with Crippen LogP contribution in [0.25, 0.3) is 0 Å². The molecule has 3 aromatic rings. The molecule has 212 valence electrons. The number of likely N-dealkylation sites (N-methyl/N-ethyl adjacent to an activating group) is 1. The van der Waals surface area contributed by atoms with Crippen molar-refractivity contribution >= 4 is 39.1 Å². The van der Waals surface area contributed by atoms with Gasteiger partial charge in [0.25, 0.3) is 11.8 Å². The minimum atomic E-state index is -3.89. The number of amides is 2. The van der Waals surface area contributed by atoms with Gasteiger partial charge in [-0.25, -0.2) is 8.42 Å². The monoisotopic (exact) mass is 586 g/mol. The van der Waals surface area contributed by atoms with Crippen molar-refractivity contribution in [1.29, 1.82) is 0 Å². The van der Waals surface area contributed by atoms with Gasteiger partial charge in [0.2, 0.25) is 10.0 Å². The molecular formula is C28H31ClN4O6S. The number of halogens is 1. The number of nitrogens with one attached hydrogen (secondary N) is 1. The van der Waals surface area contributed by atoms with Gasteiger partial charge in [0.1, 0.15) is 6.10 Å². The number of aromatic nitrogens is 1. The van der Waals surface area contributed by atoms with Gasteiger partial charge < -0.3 is 20.1 Å². The number of aliphatic hydroxyl groups excluding tert-OH is 1. The number of rotatable bonds is 8. The Bertz CT molecular complexity index is 1470. The number of hydrogen-bond acceptors (Lipinski definition) is 7. The Labute approximate surface area is 238 Å². The van der Waals surface area contributed by atoms with Gasteiger partial charge in [0.05, 0.1) is 35.3 Å². The minimum Gasteiger partial charge on any atom is -0.486 e. The third-order valence-electron chi connectivity index (χ3n) is 6.84. The van der Waals surface area contributed by atoms with E-state index in [9.17, 15) is 23.1 Å². The molecule has 2 aromatic carbocycles. The second-order valence-electron chi connectivity index (χ2n) is 9.73. The van der Waals surface area contributed by atoms with Crippen molar-refractivity contribution in [3.63, 3.8) is 0 Å². The van der Waals surface area contributed by atoms with Crippen LogP contribution in [0.5, 0.6) is 5.75 Å². The predicted molar refractivity (Wildman–Crippen MR) is 151 cm³/mol. The van der Waals surface area contributed by atoms with Crippen molar-refractivity contribution in [1.82, 2.24) is 14.2 Å². The molecule has 0 radical (unpaired) electrons. The molecule has 2 heterocycles. The number of fused-ring (bicyclic) bond motifs is 1. The molecule has 2 amide bonds. The number of carbonyl (C=O) groups is 2. The second kappa shape index (κ2) is 12.3. The van der Waals surface area contributed by atoms with E-state index >= 15 is 0 Å². The van der Waals surface area contributed by atoms with E-state index in [-0.39, 0.29) is 53.4 Å². The summed E-state index contributed by atoms with van der Waals surface area (Å²) in [4.78, 5) is 32.2. The molecule has 0 fully saturated rings. The first-order valence-electron chi connectivity index (χ1n) is 12.7. The Hall–Kier alpha value is -3.51. The predicted octanol–water partition coefficient (Wildman–Crippen LogP) is 3.53. The topological polar surface area (TPSA) is 129 Å². The molecule has 10 nitrogen and oxygen atoms in total. The number of pyridine rings is 1. The first kappa shape index (κ1) is 29.5. The smallest absolute Gasteiger partial charge is 0.258 e. The summed E-state index contributed by atoms with van der Waals surface area (Å²) in [7, 11) is -2.43. The fraction of sp³-hybridized carbons (Fsp3) is 0.321. The van der Waals surface area contributed by atoms with Crippen molar-refractivity contribution in [3.8, 4) is 5.75 Å². The quantitative estimate of drug-likeness (QED) is 0.413. The highest BCUT2D eigenvalue weighted by Gasteiger charge is 2.36. The van der Waals surface area contributed by atoms with Crippen LogP contribution in [-0.2, 0) is 10.0 Å². The number of benzene rings is 2. The van der Waals surface area contributed by atoms with Crippen LogP contribution in [-0.4, -0.2) is 78.4 Å². The normalized spacial score (nSPS) is 18.4. The lowest BCUT2D eigenvalue weighted by Gasteiger charge is -2.38. The lowest BCUT2D eigenvalue weighted by molar-refractivity contribution is 0.0388.